The minimum atomic E-state index is 0. The number of hydrogen-bond donors (Lipinski definition) is 1. The normalized spacial score (nSPS) is 26.8. The number of likely N-dealkylation sites (tertiary alicyclic amines) is 1. The highest BCUT2D eigenvalue weighted by molar-refractivity contribution is 7.15. The average Bonchev–Trinajstić information content (AvgIpc) is 2.72. The van der Waals surface area contributed by atoms with Gasteiger partial charge in [0.15, 0.2) is 5.13 Å². The second-order valence-electron chi connectivity index (χ2n) is 5.48. The van der Waals surface area contributed by atoms with Gasteiger partial charge in [0.2, 0.25) is 0 Å². The molecule has 1 spiro atoms. The first-order valence-corrected chi connectivity index (χ1v) is 6.93. The van der Waals surface area contributed by atoms with Crippen LogP contribution in [-0.2, 0) is 6.54 Å². The third-order valence-corrected chi connectivity index (χ3v) is 5.05. The zero-order valence-corrected chi connectivity index (χ0v) is 11.8. The summed E-state index contributed by atoms with van der Waals surface area (Å²) < 4.78 is 0. The molecule has 5 heteroatoms. The van der Waals surface area contributed by atoms with Crippen molar-refractivity contribution in [2.75, 3.05) is 12.3 Å². The Hall–Kier alpha value is -0.320. The average molecular weight is 274 g/mol. The van der Waals surface area contributed by atoms with Crippen molar-refractivity contribution in [1.29, 1.82) is 0 Å². The quantitative estimate of drug-likeness (QED) is 0.901. The van der Waals surface area contributed by atoms with E-state index in [2.05, 4.69) is 16.8 Å². The molecule has 0 radical (unpaired) electrons. The molecule has 1 atom stereocenters. The van der Waals surface area contributed by atoms with Crippen molar-refractivity contribution in [3.8, 4) is 0 Å². The Morgan fingerprint density at radius 3 is 2.82 bits per heavy atom. The van der Waals surface area contributed by atoms with E-state index in [9.17, 15) is 0 Å². The van der Waals surface area contributed by atoms with Crippen LogP contribution in [0.4, 0.5) is 5.13 Å². The Bertz CT molecular complexity index is 389. The van der Waals surface area contributed by atoms with Gasteiger partial charge >= 0.3 is 0 Å². The molecule has 2 aliphatic rings. The molecule has 2 fully saturated rings. The maximum atomic E-state index is 5.67. The summed E-state index contributed by atoms with van der Waals surface area (Å²) in [6.45, 7) is 4.68. The van der Waals surface area contributed by atoms with Crippen molar-refractivity contribution in [2.24, 2.45) is 5.41 Å². The van der Waals surface area contributed by atoms with Crippen LogP contribution >= 0.6 is 23.7 Å². The highest BCUT2D eigenvalue weighted by Gasteiger charge is 2.45. The number of nitrogens with zero attached hydrogens (tertiary/aromatic N) is 2. The predicted molar refractivity (Wildman–Crippen MR) is 74.5 cm³/mol. The van der Waals surface area contributed by atoms with Crippen LogP contribution in [0.15, 0.2) is 6.20 Å². The molecule has 3 nitrogen and oxygen atoms in total. The smallest absolute Gasteiger partial charge is 0.180 e. The molecule has 96 valence electrons. The largest absolute Gasteiger partial charge is 0.375 e. The van der Waals surface area contributed by atoms with Crippen molar-refractivity contribution >= 4 is 28.9 Å². The van der Waals surface area contributed by atoms with Gasteiger partial charge in [-0.3, -0.25) is 4.90 Å². The number of halogens is 1. The Morgan fingerprint density at radius 1 is 1.59 bits per heavy atom. The van der Waals surface area contributed by atoms with E-state index in [0.29, 0.717) is 10.5 Å². The topological polar surface area (TPSA) is 42.2 Å². The molecule has 17 heavy (non-hydrogen) atoms. The lowest BCUT2D eigenvalue weighted by Gasteiger charge is -2.38. The first-order chi connectivity index (χ1) is 7.67. The fourth-order valence-corrected chi connectivity index (χ4v) is 3.96. The maximum Gasteiger partial charge on any atom is 0.180 e. The highest BCUT2D eigenvalue weighted by Crippen LogP contribution is 2.50. The molecule has 1 unspecified atom stereocenters. The SMILES string of the molecule is CC1CC2(CCC2)CN1Cc1cnc(N)s1.Cl. The minimum absolute atomic E-state index is 0. The minimum Gasteiger partial charge on any atom is -0.375 e. The van der Waals surface area contributed by atoms with Crippen LogP contribution in [-0.4, -0.2) is 22.5 Å². The number of anilines is 1. The van der Waals surface area contributed by atoms with Gasteiger partial charge < -0.3 is 5.73 Å². The van der Waals surface area contributed by atoms with Gasteiger partial charge in [0.1, 0.15) is 0 Å². The molecule has 1 aliphatic carbocycles. The first kappa shape index (κ1) is 13.1. The van der Waals surface area contributed by atoms with E-state index < -0.39 is 0 Å². The number of rotatable bonds is 2. The maximum absolute atomic E-state index is 5.67. The molecule has 1 aromatic heterocycles. The summed E-state index contributed by atoms with van der Waals surface area (Å²) in [5.41, 5.74) is 6.34. The van der Waals surface area contributed by atoms with Crippen molar-refractivity contribution in [1.82, 2.24) is 9.88 Å². The molecule has 0 aromatic carbocycles. The lowest BCUT2D eigenvalue weighted by molar-refractivity contribution is 0.137. The molecule has 1 aromatic rings. The Labute approximate surface area is 113 Å². The molecule has 1 aliphatic heterocycles. The van der Waals surface area contributed by atoms with E-state index in [0.717, 1.165) is 12.6 Å². The van der Waals surface area contributed by atoms with Crippen LogP contribution in [0.5, 0.6) is 0 Å². The van der Waals surface area contributed by atoms with E-state index in [1.165, 1.54) is 37.1 Å². The van der Waals surface area contributed by atoms with Crippen molar-refractivity contribution < 1.29 is 0 Å². The zero-order valence-electron chi connectivity index (χ0n) is 10.2. The summed E-state index contributed by atoms with van der Waals surface area (Å²) in [7, 11) is 0. The summed E-state index contributed by atoms with van der Waals surface area (Å²) in [5.74, 6) is 0. The standard InChI is InChI=1S/C12H19N3S.ClH/c1-9-5-12(3-2-4-12)8-15(9)7-10-6-14-11(13)16-10;/h6,9H,2-5,7-8H2,1H3,(H2,13,14);1H. The fraction of sp³-hybridized carbons (Fsp3) is 0.750. The summed E-state index contributed by atoms with van der Waals surface area (Å²) in [6.07, 6.45) is 7.64. The van der Waals surface area contributed by atoms with Gasteiger partial charge in [-0.2, -0.15) is 0 Å². The molecule has 3 rings (SSSR count). The third-order valence-electron chi connectivity index (χ3n) is 4.23. The van der Waals surface area contributed by atoms with Crippen molar-refractivity contribution in [2.45, 2.75) is 45.2 Å². The predicted octanol–water partition coefficient (Wildman–Crippen LogP) is 2.91. The first-order valence-electron chi connectivity index (χ1n) is 6.11. The molecule has 2 N–H and O–H groups in total. The number of nitrogen functional groups attached to an aromatic ring is 1. The van der Waals surface area contributed by atoms with E-state index in [1.54, 1.807) is 11.3 Å². The summed E-state index contributed by atoms with van der Waals surface area (Å²) in [6, 6.07) is 0.726. The monoisotopic (exact) mass is 273 g/mol. The zero-order chi connectivity index (χ0) is 11.2. The molecule has 1 saturated heterocycles. The molecule has 0 amide bonds. The molecule has 1 saturated carbocycles. The number of nitrogens with two attached hydrogens (primary N) is 1. The van der Waals surface area contributed by atoms with E-state index in [-0.39, 0.29) is 12.4 Å². The van der Waals surface area contributed by atoms with Gasteiger partial charge in [-0.25, -0.2) is 4.98 Å². The van der Waals surface area contributed by atoms with Crippen molar-refractivity contribution in [3.63, 3.8) is 0 Å². The van der Waals surface area contributed by atoms with Gasteiger partial charge in [-0.15, -0.1) is 23.7 Å². The van der Waals surface area contributed by atoms with Crippen LogP contribution in [0.2, 0.25) is 0 Å². The summed E-state index contributed by atoms with van der Waals surface area (Å²) >= 11 is 1.63. The highest BCUT2D eigenvalue weighted by atomic mass is 35.5. The fourth-order valence-electron chi connectivity index (χ4n) is 3.25. The number of hydrogen-bond acceptors (Lipinski definition) is 4. The number of aromatic nitrogens is 1. The van der Waals surface area contributed by atoms with Gasteiger partial charge in [0.05, 0.1) is 0 Å². The third kappa shape index (κ3) is 2.44. The Balaban J connectivity index is 0.00000108. The molecule has 2 heterocycles. The van der Waals surface area contributed by atoms with Gasteiger partial charge in [0, 0.05) is 30.2 Å². The molecule has 0 bridgehead atoms. The second-order valence-corrected chi connectivity index (χ2v) is 6.62. The molecular formula is C12H20ClN3S. The Morgan fingerprint density at radius 2 is 2.35 bits per heavy atom. The van der Waals surface area contributed by atoms with Crippen LogP contribution in [0.1, 0.15) is 37.5 Å². The second kappa shape index (κ2) is 4.75. The van der Waals surface area contributed by atoms with Crippen LogP contribution in [0.3, 0.4) is 0 Å². The summed E-state index contributed by atoms with van der Waals surface area (Å²) in [5, 5.41) is 0.695. The van der Waals surface area contributed by atoms with Crippen LogP contribution < -0.4 is 5.73 Å². The van der Waals surface area contributed by atoms with Crippen molar-refractivity contribution in [3.05, 3.63) is 11.1 Å². The Kier molecular flexibility index (Phi) is 3.66. The lowest BCUT2D eigenvalue weighted by atomic mass is 9.68. The van der Waals surface area contributed by atoms with Gasteiger partial charge in [0.25, 0.3) is 0 Å². The van der Waals surface area contributed by atoms with E-state index in [1.807, 2.05) is 6.20 Å². The van der Waals surface area contributed by atoms with E-state index >= 15 is 0 Å². The van der Waals surface area contributed by atoms with Crippen LogP contribution in [0.25, 0.3) is 0 Å². The lowest BCUT2D eigenvalue weighted by Crippen LogP contribution is -2.33. The summed E-state index contributed by atoms with van der Waals surface area (Å²) in [4.78, 5) is 8.03. The van der Waals surface area contributed by atoms with Gasteiger partial charge in [-0.05, 0) is 31.6 Å². The van der Waals surface area contributed by atoms with Crippen LogP contribution in [0, 0.1) is 5.41 Å². The van der Waals surface area contributed by atoms with Gasteiger partial charge in [-0.1, -0.05) is 6.42 Å². The molecular weight excluding hydrogens is 254 g/mol. The number of thiazole rings is 1. The van der Waals surface area contributed by atoms with E-state index in [4.69, 9.17) is 5.73 Å².